The van der Waals surface area contributed by atoms with Crippen molar-refractivity contribution in [3.63, 3.8) is 0 Å². The second kappa shape index (κ2) is 10.2. The van der Waals surface area contributed by atoms with Crippen LogP contribution in [0.25, 0.3) is 21.9 Å². The molecule has 6 rings (SSSR count). The molecule has 4 aromatic rings. The van der Waals surface area contributed by atoms with Gasteiger partial charge in [-0.25, -0.2) is 14.8 Å². The van der Waals surface area contributed by atoms with Crippen LogP contribution in [0.5, 0.6) is 0 Å². The Bertz CT molecular complexity index is 1740. The zero-order valence-corrected chi connectivity index (χ0v) is 23.4. The molecule has 11 heteroatoms. The number of likely N-dealkylation sites (tertiary alicyclic amines) is 1. The predicted molar refractivity (Wildman–Crippen MR) is 155 cm³/mol. The normalized spacial score (nSPS) is 17.9. The lowest BCUT2D eigenvalue weighted by Crippen LogP contribution is -2.44. The van der Waals surface area contributed by atoms with Gasteiger partial charge < -0.3 is 20.1 Å². The van der Waals surface area contributed by atoms with E-state index in [9.17, 15) is 14.4 Å². The first-order valence-corrected chi connectivity index (χ1v) is 14.2. The molecule has 2 aliphatic rings. The van der Waals surface area contributed by atoms with Crippen molar-refractivity contribution in [2.45, 2.75) is 58.7 Å². The highest BCUT2D eigenvalue weighted by molar-refractivity contribution is 6.11. The summed E-state index contributed by atoms with van der Waals surface area (Å²) in [5.74, 6) is 0.941. The maximum absolute atomic E-state index is 14.2. The van der Waals surface area contributed by atoms with E-state index in [1.165, 1.54) is 9.13 Å². The molecular weight excluding hydrogens is 508 g/mol. The van der Waals surface area contributed by atoms with Crippen LogP contribution in [-0.2, 0) is 20.1 Å². The number of nitrogens with two attached hydrogens (primary N) is 1. The molecule has 5 heterocycles. The summed E-state index contributed by atoms with van der Waals surface area (Å²) in [6.07, 6.45) is 3.69. The first-order chi connectivity index (χ1) is 19.3. The Morgan fingerprint density at radius 1 is 1.02 bits per heavy atom. The molecule has 3 aromatic heterocycles. The largest absolute Gasteiger partial charge is 0.356 e. The number of benzene rings is 1. The van der Waals surface area contributed by atoms with E-state index in [2.05, 4.69) is 14.9 Å². The number of rotatable bonds is 5. The van der Waals surface area contributed by atoms with Crippen LogP contribution < -0.4 is 21.9 Å². The molecule has 1 atom stereocenters. The molecule has 0 saturated carbocycles. The molecule has 0 unspecified atom stereocenters. The van der Waals surface area contributed by atoms with Crippen LogP contribution >= 0.6 is 0 Å². The summed E-state index contributed by atoms with van der Waals surface area (Å²) in [4.78, 5) is 55.3. The second-order valence-corrected chi connectivity index (χ2v) is 11.0. The zero-order chi connectivity index (χ0) is 28.1. The van der Waals surface area contributed by atoms with Crippen LogP contribution in [0.3, 0.4) is 0 Å². The quantitative estimate of drug-likeness (QED) is 0.407. The molecule has 1 amide bonds. The molecule has 2 N–H and O–H groups in total. The van der Waals surface area contributed by atoms with Crippen LogP contribution in [0.1, 0.15) is 54.5 Å². The fourth-order valence-electron chi connectivity index (χ4n) is 6.39. The van der Waals surface area contributed by atoms with Crippen LogP contribution in [0.15, 0.2) is 33.9 Å². The molecule has 2 aliphatic heterocycles. The maximum Gasteiger partial charge on any atom is 0.331 e. The van der Waals surface area contributed by atoms with E-state index in [1.54, 1.807) is 7.05 Å². The lowest BCUT2D eigenvalue weighted by molar-refractivity contribution is 0.0794. The van der Waals surface area contributed by atoms with Gasteiger partial charge in [-0.2, -0.15) is 0 Å². The Morgan fingerprint density at radius 3 is 2.50 bits per heavy atom. The SMILES string of the molecule is CCn1c(N2CCC[C@@H](N)C2)c(C(=O)N2CCCC2)c2c1c(=O)n(Cc1nc(C)c3ccccc3n1)c(=O)n2C. The molecule has 0 aliphatic carbocycles. The van der Waals surface area contributed by atoms with Crippen LogP contribution in [0.2, 0.25) is 0 Å². The second-order valence-electron chi connectivity index (χ2n) is 11.0. The van der Waals surface area contributed by atoms with Crippen LogP contribution in [0, 0.1) is 6.92 Å². The van der Waals surface area contributed by atoms with Crippen molar-refractivity contribution in [2.75, 3.05) is 31.1 Å². The summed E-state index contributed by atoms with van der Waals surface area (Å²) in [5.41, 5.74) is 8.11. The minimum absolute atomic E-state index is 0.0272. The van der Waals surface area contributed by atoms with E-state index in [0.717, 1.165) is 48.8 Å². The van der Waals surface area contributed by atoms with E-state index < -0.39 is 11.2 Å². The van der Waals surface area contributed by atoms with Crippen molar-refractivity contribution in [2.24, 2.45) is 12.8 Å². The van der Waals surface area contributed by atoms with Gasteiger partial charge in [0.15, 0.2) is 0 Å². The third-order valence-corrected chi connectivity index (χ3v) is 8.33. The van der Waals surface area contributed by atoms with Crippen molar-refractivity contribution >= 4 is 33.7 Å². The van der Waals surface area contributed by atoms with Crippen LogP contribution in [0.4, 0.5) is 5.82 Å². The number of fused-ring (bicyclic) bond motifs is 2. The van der Waals surface area contributed by atoms with E-state index in [4.69, 9.17) is 5.73 Å². The fraction of sp³-hybridized carbons (Fsp3) is 0.483. The highest BCUT2D eigenvalue weighted by Crippen LogP contribution is 2.34. The number of aromatic nitrogens is 5. The van der Waals surface area contributed by atoms with Gasteiger partial charge in [0.1, 0.15) is 22.7 Å². The molecule has 210 valence electrons. The van der Waals surface area contributed by atoms with Gasteiger partial charge in [0.05, 0.1) is 17.6 Å². The Labute approximate surface area is 231 Å². The molecule has 2 saturated heterocycles. The van der Waals surface area contributed by atoms with Gasteiger partial charge in [0.2, 0.25) is 0 Å². The molecule has 0 bridgehead atoms. The Morgan fingerprint density at radius 2 is 1.77 bits per heavy atom. The molecule has 1 aromatic carbocycles. The van der Waals surface area contributed by atoms with Crippen LogP contribution in [-0.4, -0.2) is 66.7 Å². The van der Waals surface area contributed by atoms with Gasteiger partial charge in [-0.3, -0.25) is 18.7 Å². The third-order valence-electron chi connectivity index (χ3n) is 8.33. The number of nitrogens with zero attached hydrogens (tertiary/aromatic N) is 7. The molecule has 2 fully saturated rings. The highest BCUT2D eigenvalue weighted by atomic mass is 16.2. The number of aryl methyl sites for hydroxylation is 3. The summed E-state index contributed by atoms with van der Waals surface area (Å²) >= 11 is 0. The van der Waals surface area contributed by atoms with Gasteiger partial charge in [0.25, 0.3) is 11.5 Å². The number of carbonyl (C=O) groups is 1. The average Bonchev–Trinajstić information content (AvgIpc) is 3.61. The number of anilines is 1. The van der Waals surface area contributed by atoms with Crippen molar-refractivity contribution in [1.29, 1.82) is 0 Å². The average molecular weight is 545 g/mol. The van der Waals surface area contributed by atoms with Gasteiger partial charge in [-0.05, 0) is 45.6 Å². The van der Waals surface area contributed by atoms with E-state index in [-0.39, 0.29) is 18.5 Å². The number of amides is 1. The fourth-order valence-corrected chi connectivity index (χ4v) is 6.39. The number of para-hydroxylation sites is 1. The minimum Gasteiger partial charge on any atom is -0.356 e. The van der Waals surface area contributed by atoms with Gasteiger partial charge >= 0.3 is 5.69 Å². The van der Waals surface area contributed by atoms with E-state index in [1.807, 2.05) is 47.6 Å². The lowest BCUT2D eigenvalue weighted by atomic mass is 10.1. The Kier molecular flexibility index (Phi) is 6.69. The molecule has 0 spiro atoms. The lowest BCUT2D eigenvalue weighted by Gasteiger charge is -2.34. The number of piperidine rings is 1. The number of hydrogen-bond acceptors (Lipinski definition) is 7. The monoisotopic (exact) mass is 544 g/mol. The van der Waals surface area contributed by atoms with Gasteiger partial charge in [-0.15, -0.1) is 0 Å². The first-order valence-electron chi connectivity index (χ1n) is 14.2. The highest BCUT2D eigenvalue weighted by Gasteiger charge is 2.35. The standard InChI is InChI=1S/C29H36N8O3/c1-4-36-25-24(23(27(38)34-13-7-8-14-34)26(36)35-15-9-10-19(30)16-35)33(3)29(40)37(28(25)39)17-22-31-18(2)20-11-5-6-12-21(20)32-22/h5-6,11-12,19H,4,7-10,13-17,30H2,1-3H3/t19-/m1/s1. The van der Waals surface area contributed by atoms with Gasteiger partial charge in [-0.1, -0.05) is 18.2 Å². The maximum atomic E-state index is 14.2. The summed E-state index contributed by atoms with van der Waals surface area (Å²) in [5, 5.41) is 0.927. The van der Waals surface area contributed by atoms with Crippen molar-refractivity contribution in [3.05, 3.63) is 62.2 Å². The zero-order valence-electron chi connectivity index (χ0n) is 23.4. The molecular formula is C29H36N8O3. The molecule has 0 radical (unpaired) electrons. The number of carbonyl (C=O) groups excluding carboxylic acids is 1. The van der Waals surface area contributed by atoms with Gasteiger partial charge in [0, 0.05) is 56.9 Å². The first kappa shape index (κ1) is 26.2. The summed E-state index contributed by atoms with van der Waals surface area (Å²) in [6, 6.07) is 7.65. The summed E-state index contributed by atoms with van der Waals surface area (Å²) < 4.78 is 4.54. The summed E-state index contributed by atoms with van der Waals surface area (Å²) in [7, 11) is 1.64. The van der Waals surface area contributed by atoms with E-state index in [0.29, 0.717) is 54.4 Å². The van der Waals surface area contributed by atoms with Crippen molar-refractivity contribution in [1.82, 2.24) is 28.6 Å². The summed E-state index contributed by atoms with van der Waals surface area (Å²) in [6.45, 7) is 6.90. The minimum atomic E-state index is -0.502. The smallest absolute Gasteiger partial charge is 0.331 e. The van der Waals surface area contributed by atoms with Crippen molar-refractivity contribution in [3.8, 4) is 0 Å². The Balaban J connectivity index is 1.59. The number of hydrogen-bond donors (Lipinski definition) is 1. The predicted octanol–water partition coefficient (Wildman–Crippen LogP) is 1.99. The third kappa shape index (κ3) is 4.19. The molecule has 40 heavy (non-hydrogen) atoms. The topological polar surface area (TPSA) is 124 Å². The Hall–Kier alpha value is -3.99. The van der Waals surface area contributed by atoms with E-state index >= 15 is 0 Å². The van der Waals surface area contributed by atoms with Crippen molar-refractivity contribution < 1.29 is 4.79 Å². The molecule has 11 nitrogen and oxygen atoms in total.